The summed E-state index contributed by atoms with van der Waals surface area (Å²) in [5, 5.41) is 2.65. The fourth-order valence-corrected chi connectivity index (χ4v) is 2.53. The fourth-order valence-electron chi connectivity index (χ4n) is 2.07. The van der Waals surface area contributed by atoms with Crippen LogP contribution in [0.15, 0.2) is 22.7 Å². The van der Waals surface area contributed by atoms with Crippen molar-refractivity contribution < 1.29 is 14.3 Å². The molecule has 0 saturated carbocycles. The summed E-state index contributed by atoms with van der Waals surface area (Å²) in [6, 6.07) is 4.27. The smallest absolute Gasteiger partial charge is 0.250 e. The molecule has 0 bridgehead atoms. The van der Waals surface area contributed by atoms with Crippen LogP contribution in [-0.2, 0) is 9.59 Å². The quantitative estimate of drug-likeness (QED) is 0.899. The summed E-state index contributed by atoms with van der Waals surface area (Å²) >= 11 is 3.37. The van der Waals surface area contributed by atoms with Crippen molar-refractivity contribution in [1.82, 2.24) is 5.32 Å². The highest BCUT2D eigenvalue weighted by molar-refractivity contribution is 9.10. The highest BCUT2D eigenvalue weighted by Gasteiger charge is 2.36. The molecule has 0 aromatic heterocycles. The van der Waals surface area contributed by atoms with E-state index >= 15 is 0 Å². The third-order valence-corrected chi connectivity index (χ3v) is 3.56. The summed E-state index contributed by atoms with van der Waals surface area (Å²) in [6.07, 6.45) is 0. The minimum atomic E-state index is -0.539. The van der Waals surface area contributed by atoms with Gasteiger partial charge in [0.15, 0.2) is 0 Å². The van der Waals surface area contributed by atoms with Crippen LogP contribution in [0.25, 0.3) is 0 Å². The Morgan fingerprint density at radius 1 is 1.26 bits per heavy atom. The van der Waals surface area contributed by atoms with Crippen molar-refractivity contribution >= 4 is 33.4 Å². The number of nitrogens with zero attached hydrogens (tertiary/aromatic N) is 1. The van der Waals surface area contributed by atoms with E-state index in [1.807, 2.05) is 0 Å². The van der Waals surface area contributed by atoms with Gasteiger partial charge in [0, 0.05) is 16.2 Å². The monoisotopic (exact) mass is 326 g/mol. The van der Waals surface area contributed by atoms with E-state index in [9.17, 15) is 9.59 Å². The summed E-state index contributed by atoms with van der Waals surface area (Å²) in [6.45, 7) is 3.38. The number of carbonyl (C=O) groups excluding carboxylic acids is 2. The van der Waals surface area contributed by atoms with Crippen LogP contribution in [0, 0.1) is 0 Å². The van der Waals surface area contributed by atoms with Crippen LogP contribution >= 0.6 is 15.9 Å². The number of hydrogen-bond donors (Lipinski definition) is 1. The zero-order valence-corrected chi connectivity index (χ0v) is 12.5. The van der Waals surface area contributed by atoms with E-state index in [4.69, 9.17) is 4.74 Å². The molecule has 0 aliphatic carbocycles. The van der Waals surface area contributed by atoms with E-state index in [-0.39, 0.29) is 11.8 Å². The molecule has 1 N–H and O–H groups in total. The second-order valence-corrected chi connectivity index (χ2v) is 5.38. The molecule has 1 heterocycles. The van der Waals surface area contributed by atoms with Gasteiger partial charge in [0.2, 0.25) is 11.8 Å². The Hall–Kier alpha value is -1.56. The lowest BCUT2D eigenvalue weighted by Crippen LogP contribution is -2.61. The third-order valence-electron chi connectivity index (χ3n) is 3.10. The van der Waals surface area contributed by atoms with Gasteiger partial charge < -0.3 is 10.1 Å². The molecule has 1 fully saturated rings. The first-order valence-electron chi connectivity index (χ1n) is 5.92. The van der Waals surface area contributed by atoms with E-state index < -0.39 is 12.1 Å². The van der Waals surface area contributed by atoms with Crippen LogP contribution in [0.2, 0.25) is 0 Å². The number of benzene rings is 1. The van der Waals surface area contributed by atoms with Gasteiger partial charge in [0.25, 0.3) is 0 Å². The topological polar surface area (TPSA) is 58.6 Å². The van der Waals surface area contributed by atoms with E-state index in [1.54, 1.807) is 39.2 Å². The molecular formula is C13H15BrN2O3. The maximum atomic E-state index is 12.2. The largest absolute Gasteiger partial charge is 0.497 e. The van der Waals surface area contributed by atoms with Gasteiger partial charge in [-0.3, -0.25) is 14.5 Å². The van der Waals surface area contributed by atoms with Crippen molar-refractivity contribution in [2.24, 2.45) is 0 Å². The number of rotatable bonds is 2. The normalized spacial score (nSPS) is 23.3. The molecule has 0 spiro atoms. The summed E-state index contributed by atoms with van der Waals surface area (Å²) < 4.78 is 5.97. The van der Waals surface area contributed by atoms with Gasteiger partial charge in [-0.2, -0.15) is 0 Å². The molecule has 0 radical (unpaired) electrons. The maximum absolute atomic E-state index is 12.2. The fraction of sp³-hybridized carbons (Fsp3) is 0.385. The maximum Gasteiger partial charge on any atom is 0.250 e. The van der Waals surface area contributed by atoms with Crippen molar-refractivity contribution in [3.63, 3.8) is 0 Å². The van der Waals surface area contributed by atoms with Gasteiger partial charge in [-0.05, 0) is 26.0 Å². The van der Waals surface area contributed by atoms with Gasteiger partial charge in [0.1, 0.15) is 17.8 Å². The van der Waals surface area contributed by atoms with Crippen molar-refractivity contribution in [3.8, 4) is 5.75 Å². The average molecular weight is 327 g/mol. The molecule has 2 atom stereocenters. The lowest BCUT2D eigenvalue weighted by atomic mass is 10.1. The third kappa shape index (κ3) is 2.58. The summed E-state index contributed by atoms with van der Waals surface area (Å²) in [5.74, 6) is 0.335. The molecule has 2 unspecified atom stereocenters. The Balaban J connectivity index is 2.45. The van der Waals surface area contributed by atoms with E-state index in [0.717, 1.165) is 4.47 Å². The summed E-state index contributed by atoms with van der Waals surface area (Å²) in [4.78, 5) is 25.6. The Kier molecular flexibility index (Phi) is 3.80. The van der Waals surface area contributed by atoms with Crippen LogP contribution < -0.4 is 15.0 Å². The number of piperazine rings is 1. The summed E-state index contributed by atoms with van der Waals surface area (Å²) in [7, 11) is 1.56. The first-order chi connectivity index (χ1) is 8.93. The number of nitrogens with one attached hydrogen (secondary N) is 1. The number of hydrogen-bond acceptors (Lipinski definition) is 3. The first-order valence-corrected chi connectivity index (χ1v) is 6.71. The Morgan fingerprint density at radius 2 is 1.95 bits per heavy atom. The molecular weight excluding hydrogens is 312 g/mol. The van der Waals surface area contributed by atoms with Gasteiger partial charge in [-0.15, -0.1) is 0 Å². The van der Waals surface area contributed by atoms with Gasteiger partial charge in [-0.25, -0.2) is 0 Å². The molecule has 1 aromatic carbocycles. The molecule has 19 heavy (non-hydrogen) atoms. The van der Waals surface area contributed by atoms with Crippen LogP contribution in [0.3, 0.4) is 0 Å². The zero-order chi connectivity index (χ0) is 14.2. The molecule has 6 heteroatoms. The van der Waals surface area contributed by atoms with E-state index in [2.05, 4.69) is 21.2 Å². The zero-order valence-electron chi connectivity index (χ0n) is 10.9. The predicted octanol–water partition coefficient (Wildman–Crippen LogP) is 1.70. The van der Waals surface area contributed by atoms with Crippen LogP contribution in [-0.4, -0.2) is 31.0 Å². The number of methoxy groups -OCH3 is 1. The number of amides is 2. The summed E-state index contributed by atoms with van der Waals surface area (Å²) in [5.41, 5.74) is 0.644. The lowest BCUT2D eigenvalue weighted by Gasteiger charge is -2.36. The molecule has 5 nitrogen and oxygen atoms in total. The Labute approximate surface area is 120 Å². The van der Waals surface area contributed by atoms with Crippen molar-refractivity contribution in [1.29, 1.82) is 0 Å². The highest BCUT2D eigenvalue weighted by atomic mass is 79.9. The predicted molar refractivity (Wildman–Crippen MR) is 75.2 cm³/mol. The number of halogens is 1. The second kappa shape index (κ2) is 5.21. The molecule has 102 valence electrons. The molecule has 1 saturated heterocycles. The first kappa shape index (κ1) is 13.9. The van der Waals surface area contributed by atoms with Crippen molar-refractivity contribution in [2.75, 3.05) is 12.0 Å². The standard InChI is InChI=1S/C13H15BrN2O3/c1-7-13(18)16(8(2)12(17)15-7)10-4-9(14)5-11(6-10)19-3/h4-8H,1-3H3,(H,15,17). The number of anilines is 1. The van der Waals surface area contributed by atoms with Crippen LogP contribution in [0.4, 0.5) is 5.69 Å². The molecule has 1 aromatic rings. The molecule has 1 aliphatic rings. The van der Waals surface area contributed by atoms with Gasteiger partial charge in [-0.1, -0.05) is 15.9 Å². The van der Waals surface area contributed by atoms with Crippen LogP contribution in [0.1, 0.15) is 13.8 Å². The van der Waals surface area contributed by atoms with Crippen molar-refractivity contribution in [2.45, 2.75) is 25.9 Å². The number of ether oxygens (including phenoxy) is 1. The molecule has 2 rings (SSSR count). The lowest BCUT2D eigenvalue weighted by molar-refractivity contribution is -0.133. The SMILES string of the molecule is COc1cc(Br)cc(N2C(=O)C(C)NC(=O)C2C)c1. The minimum absolute atomic E-state index is 0.132. The van der Waals surface area contributed by atoms with Crippen molar-refractivity contribution in [3.05, 3.63) is 22.7 Å². The number of carbonyl (C=O) groups is 2. The minimum Gasteiger partial charge on any atom is -0.497 e. The average Bonchev–Trinajstić information content (AvgIpc) is 2.36. The van der Waals surface area contributed by atoms with E-state index in [0.29, 0.717) is 11.4 Å². The molecule has 1 aliphatic heterocycles. The molecule has 2 amide bonds. The van der Waals surface area contributed by atoms with Gasteiger partial charge >= 0.3 is 0 Å². The highest BCUT2D eigenvalue weighted by Crippen LogP contribution is 2.29. The van der Waals surface area contributed by atoms with Gasteiger partial charge in [0.05, 0.1) is 7.11 Å². The second-order valence-electron chi connectivity index (χ2n) is 4.46. The Bertz CT molecular complexity index is 533. The van der Waals surface area contributed by atoms with E-state index in [1.165, 1.54) is 4.90 Å². The Morgan fingerprint density at radius 3 is 2.58 bits per heavy atom. The van der Waals surface area contributed by atoms with Crippen LogP contribution in [0.5, 0.6) is 5.75 Å².